The van der Waals surface area contributed by atoms with E-state index < -0.39 is 0 Å². The van der Waals surface area contributed by atoms with E-state index in [1.165, 1.54) is 0 Å². The van der Waals surface area contributed by atoms with Crippen molar-refractivity contribution in [2.75, 3.05) is 40.3 Å². The van der Waals surface area contributed by atoms with Crippen molar-refractivity contribution < 1.29 is 9.59 Å². The molecule has 2 fully saturated rings. The van der Waals surface area contributed by atoms with Crippen molar-refractivity contribution in [2.24, 2.45) is 11.8 Å². The van der Waals surface area contributed by atoms with Crippen LogP contribution in [0.4, 0.5) is 0 Å². The molecule has 2 atom stereocenters. The molecular formula is C16H29N3O2. The average Bonchev–Trinajstić information content (AvgIpc) is 3.02. The molecule has 0 N–H and O–H groups in total. The molecule has 2 aliphatic heterocycles. The molecule has 2 amide bonds. The molecule has 2 heterocycles. The van der Waals surface area contributed by atoms with Gasteiger partial charge in [-0.25, -0.2) is 0 Å². The lowest BCUT2D eigenvalue weighted by Crippen LogP contribution is -2.38. The average molecular weight is 295 g/mol. The number of carbonyl (C=O) groups excluding carboxylic acids is 2. The zero-order chi connectivity index (χ0) is 15.6. The van der Waals surface area contributed by atoms with E-state index >= 15 is 0 Å². The molecule has 2 rings (SSSR count). The van der Waals surface area contributed by atoms with Gasteiger partial charge < -0.3 is 14.7 Å². The van der Waals surface area contributed by atoms with Crippen LogP contribution in [0.15, 0.2) is 0 Å². The number of rotatable bonds is 5. The van der Waals surface area contributed by atoms with Crippen molar-refractivity contribution in [1.29, 1.82) is 0 Å². The van der Waals surface area contributed by atoms with Gasteiger partial charge in [0.15, 0.2) is 0 Å². The van der Waals surface area contributed by atoms with Gasteiger partial charge in [-0.1, -0.05) is 13.8 Å². The van der Waals surface area contributed by atoms with Gasteiger partial charge in [0.05, 0.1) is 5.92 Å². The standard InChI is InChI=1S/C16H29N3O2/c1-12(2)5-7-18-10-13(9-15(18)20)16(21)19-8-6-14(11-19)17(3)4/h12-14H,5-11H2,1-4H3. The third kappa shape index (κ3) is 3.96. The van der Waals surface area contributed by atoms with Gasteiger partial charge in [-0.15, -0.1) is 0 Å². The maximum Gasteiger partial charge on any atom is 0.228 e. The van der Waals surface area contributed by atoms with E-state index in [1.54, 1.807) is 0 Å². The van der Waals surface area contributed by atoms with Crippen LogP contribution in [-0.4, -0.2) is 72.8 Å². The largest absolute Gasteiger partial charge is 0.342 e. The van der Waals surface area contributed by atoms with E-state index in [0.717, 1.165) is 32.5 Å². The fourth-order valence-electron chi connectivity index (χ4n) is 3.19. The van der Waals surface area contributed by atoms with Gasteiger partial charge >= 0.3 is 0 Å². The number of likely N-dealkylation sites (N-methyl/N-ethyl adjacent to an activating group) is 1. The molecule has 0 aliphatic carbocycles. The summed E-state index contributed by atoms with van der Waals surface area (Å²) in [5.41, 5.74) is 0. The van der Waals surface area contributed by atoms with Crippen LogP contribution in [0.5, 0.6) is 0 Å². The first-order valence-corrected chi connectivity index (χ1v) is 8.11. The van der Waals surface area contributed by atoms with Crippen molar-refractivity contribution in [3.63, 3.8) is 0 Å². The van der Waals surface area contributed by atoms with E-state index in [-0.39, 0.29) is 17.7 Å². The molecule has 0 saturated carbocycles. The molecular weight excluding hydrogens is 266 g/mol. The number of amides is 2. The molecule has 2 saturated heterocycles. The lowest BCUT2D eigenvalue weighted by molar-refractivity contribution is -0.135. The summed E-state index contributed by atoms with van der Waals surface area (Å²) in [6, 6.07) is 0.461. The Balaban J connectivity index is 1.86. The number of hydrogen-bond donors (Lipinski definition) is 0. The molecule has 0 aromatic rings. The fraction of sp³-hybridized carbons (Fsp3) is 0.875. The topological polar surface area (TPSA) is 43.9 Å². The first-order valence-electron chi connectivity index (χ1n) is 8.11. The zero-order valence-corrected chi connectivity index (χ0v) is 13.8. The molecule has 21 heavy (non-hydrogen) atoms. The van der Waals surface area contributed by atoms with E-state index in [1.807, 2.05) is 9.80 Å². The maximum absolute atomic E-state index is 12.6. The van der Waals surface area contributed by atoms with Crippen LogP contribution < -0.4 is 0 Å². The van der Waals surface area contributed by atoms with E-state index in [2.05, 4.69) is 32.8 Å². The molecule has 0 aromatic heterocycles. The fourth-order valence-corrected chi connectivity index (χ4v) is 3.19. The van der Waals surface area contributed by atoms with Crippen LogP contribution in [0, 0.1) is 11.8 Å². The molecule has 120 valence electrons. The van der Waals surface area contributed by atoms with Crippen molar-refractivity contribution in [1.82, 2.24) is 14.7 Å². The first kappa shape index (κ1) is 16.3. The normalized spacial score (nSPS) is 26.5. The van der Waals surface area contributed by atoms with Crippen LogP contribution >= 0.6 is 0 Å². The Hall–Kier alpha value is -1.10. The highest BCUT2D eigenvalue weighted by Gasteiger charge is 2.38. The van der Waals surface area contributed by atoms with E-state index in [4.69, 9.17) is 0 Å². The summed E-state index contributed by atoms with van der Waals surface area (Å²) in [5.74, 6) is 0.801. The van der Waals surface area contributed by atoms with Gasteiger partial charge in [0, 0.05) is 38.6 Å². The van der Waals surface area contributed by atoms with Gasteiger partial charge in [-0.3, -0.25) is 9.59 Å². The summed E-state index contributed by atoms with van der Waals surface area (Å²) in [7, 11) is 4.12. The summed E-state index contributed by atoms with van der Waals surface area (Å²) >= 11 is 0. The minimum Gasteiger partial charge on any atom is -0.342 e. The highest BCUT2D eigenvalue weighted by molar-refractivity contribution is 5.89. The lowest BCUT2D eigenvalue weighted by atomic mass is 10.1. The second-order valence-electron chi connectivity index (χ2n) is 7.11. The third-order valence-electron chi connectivity index (χ3n) is 4.75. The van der Waals surface area contributed by atoms with Crippen molar-refractivity contribution >= 4 is 11.8 Å². The highest BCUT2D eigenvalue weighted by atomic mass is 16.2. The number of likely N-dealkylation sites (tertiary alicyclic amines) is 2. The molecule has 0 aromatic carbocycles. The monoisotopic (exact) mass is 295 g/mol. The van der Waals surface area contributed by atoms with Gasteiger partial charge in [0.1, 0.15) is 0 Å². The number of nitrogens with zero attached hydrogens (tertiary/aromatic N) is 3. The smallest absolute Gasteiger partial charge is 0.228 e. The Labute approximate surface area is 128 Å². The molecule has 5 nitrogen and oxygen atoms in total. The SMILES string of the molecule is CC(C)CCN1CC(C(=O)N2CCC(N(C)C)C2)CC1=O. The maximum atomic E-state index is 12.6. The first-order chi connectivity index (χ1) is 9.88. The molecule has 2 aliphatic rings. The zero-order valence-electron chi connectivity index (χ0n) is 13.8. The highest BCUT2D eigenvalue weighted by Crippen LogP contribution is 2.24. The van der Waals surface area contributed by atoms with Crippen LogP contribution in [-0.2, 0) is 9.59 Å². The van der Waals surface area contributed by atoms with Crippen LogP contribution in [0.2, 0.25) is 0 Å². The Morgan fingerprint density at radius 2 is 2.05 bits per heavy atom. The Bertz CT molecular complexity index is 395. The van der Waals surface area contributed by atoms with E-state index in [9.17, 15) is 9.59 Å². The second-order valence-corrected chi connectivity index (χ2v) is 7.11. The van der Waals surface area contributed by atoms with Crippen molar-refractivity contribution in [3.8, 4) is 0 Å². The Morgan fingerprint density at radius 1 is 1.33 bits per heavy atom. The van der Waals surface area contributed by atoms with Crippen LogP contribution in [0.1, 0.15) is 33.1 Å². The van der Waals surface area contributed by atoms with Gasteiger partial charge in [0.2, 0.25) is 11.8 Å². The molecule has 5 heteroatoms. The summed E-state index contributed by atoms with van der Waals surface area (Å²) in [5, 5.41) is 0. The molecule has 0 spiro atoms. The summed E-state index contributed by atoms with van der Waals surface area (Å²) in [6.45, 7) is 7.37. The molecule has 2 unspecified atom stereocenters. The Kier molecular flexibility index (Phi) is 5.25. The second kappa shape index (κ2) is 6.77. The van der Waals surface area contributed by atoms with Gasteiger partial charge in [-0.05, 0) is 32.9 Å². The molecule has 0 radical (unpaired) electrons. The summed E-state index contributed by atoms with van der Waals surface area (Å²) in [4.78, 5) is 30.6. The van der Waals surface area contributed by atoms with Gasteiger partial charge in [0.25, 0.3) is 0 Å². The predicted octanol–water partition coefficient (Wildman–Crippen LogP) is 1.04. The lowest BCUT2D eigenvalue weighted by Gasteiger charge is -2.23. The number of carbonyl (C=O) groups is 2. The third-order valence-corrected chi connectivity index (χ3v) is 4.75. The predicted molar refractivity (Wildman–Crippen MR) is 82.8 cm³/mol. The van der Waals surface area contributed by atoms with Crippen LogP contribution in [0.3, 0.4) is 0 Å². The van der Waals surface area contributed by atoms with Crippen LogP contribution in [0.25, 0.3) is 0 Å². The number of hydrogen-bond acceptors (Lipinski definition) is 3. The molecule has 0 bridgehead atoms. The van der Waals surface area contributed by atoms with Crippen molar-refractivity contribution in [2.45, 2.75) is 39.2 Å². The quantitative estimate of drug-likeness (QED) is 0.761. The summed E-state index contributed by atoms with van der Waals surface area (Å²) in [6.07, 6.45) is 2.45. The van der Waals surface area contributed by atoms with Crippen molar-refractivity contribution in [3.05, 3.63) is 0 Å². The minimum absolute atomic E-state index is 0.120. The van der Waals surface area contributed by atoms with Gasteiger partial charge in [-0.2, -0.15) is 0 Å². The van der Waals surface area contributed by atoms with E-state index in [0.29, 0.717) is 24.9 Å². The minimum atomic E-state index is -0.120. The summed E-state index contributed by atoms with van der Waals surface area (Å²) < 4.78 is 0. The Morgan fingerprint density at radius 3 is 2.62 bits per heavy atom.